The molecule has 1 aromatic rings. The number of carbonyl (C=O) groups excluding carboxylic acids is 2. The maximum absolute atomic E-state index is 12.6. The topological polar surface area (TPSA) is 84.7 Å². The number of rotatable bonds is 6. The van der Waals surface area contributed by atoms with Gasteiger partial charge in [-0.05, 0) is 30.7 Å². The lowest BCUT2D eigenvalue weighted by molar-refractivity contribution is -0.137. The third-order valence-corrected chi connectivity index (χ3v) is 4.61. The molecule has 6 heteroatoms. The Bertz CT molecular complexity index is 562. The molecule has 0 saturated carbocycles. The molecule has 6 nitrogen and oxygen atoms in total. The van der Waals surface area contributed by atoms with E-state index in [1.807, 2.05) is 49.1 Å². The van der Waals surface area contributed by atoms with E-state index in [4.69, 9.17) is 10.5 Å². The van der Waals surface area contributed by atoms with Crippen LogP contribution in [0.3, 0.4) is 0 Å². The van der Waals surface area contributed by atoms with Crippen LogP contribution in [-0.2, 0) is 16.1 Å². The van der Waals surface area contributed by atoms with Crippen molar-refractivity contribution in [2.24, 2.45) is 11.7 Å². The third-order valence-electron chi connectivity index (χ3n) is 4.61. The molecule has 0 spiro atoms. The molecule has 0 bridgehead atoms. The summed E-state index contributed by atoms with van der Waals surface area (Å²) in [6.45, 7) is 5.22. The summed E-state index contributed by atoms with van der Waals surface area (Å²) in [6, 6.07) is 9.02. The lowest BCUT2D eigenvalue weighted by atomic mass is 9.98. The van der Waals surface area contributed by atoms with Crippen molar-refractivity contribution in [3.8, 4) is 0 Å². The zero-order valence-corrected chi connectivity index (χ0v) is 15.1. The molecule has 138 valence electrons. The highest BCUT2D eigenvalue weighted by Crippen LogP contribution is 2.18. The number of ether oxygens (including phenoxy) is 1. The SMILES string of the molecule is CC(C)[C@H](N)C(=O)N1CCCC[C@@H]1CNC(=O)OCc1ccccc1. The van der Waals surface area contributed by atoms with E-state index in [1.54, 1.807) is 0 Å². The first-order valence-corrected chi connectivity index (χ1v) is 8.99. The van der Waals surface area contributed by atoms with Gasteiger partial charge in [0.1, 0.15) is 6.61 Å². The molecule has 0 unspecified atom stereocenters. The highest BCUT2D eigenvalue weighted by atomic mass is 16.5. The molecule has 1 aliphatic heterocycles. The summed E-state index contributed by atoms with van der Waals surface area (Å²) in [5.41, 5.74) is 6.96. The van der Waals surface area contributed by atoms with Gasteiger partial charge in [0.2, 0.25) is 5.91 Å². The zero-order chi connectivity index (χ0) is 18.2. The smallest absolute Gasteiger partial charge is 0.407 e. The van der Waals surface area contributed by atoms with Gasteiger partial charge in [0.15, 0.2) is 0 Å². The van der Waals surface area contributed by atoms with Crippen molar-refractivity contribution in [2.75, 3.05) is 13.1 Å². The largest absolute Gasteiger partial charge is 0.445 e. The molecule has 1 aliphatic rings. The molecule has 1 heterocycles. The monoisotopic (exact) mass is 347 g/mol. The predicted octanol–water partition coefficient (Wildman–Crippen LogP) is 2.28. The van der Waals surface area contributed by atoms with E-state index in [0.717, 1.165) is 24.8 Å². The standard InChI is InChI=1S/C19H29N3O3/c1-14(2)17(20)18(23)22-11-7-6-10-16(22)12-21-19(24)25-13-15-8-4-3-5-9-15/h3-5,8-9,14,16-17H,6-7,10-13,20H2,1-2H3,(H,21,24)/t16-,17+/m1/s1. The first-order valence-electron chi connectivity index (χ1n) is 8.99. The summed E-state index contributed by atoms with van der Waals surface area (Å²) < 4.78 is 5.22. The van der Waals surface area contributed by atoms with Gasteiger partial charge in [-0.15, -0.1) is 0 Å². The molecule has 0 radical (unpaired) electrons. The van der Waals surface area contributed by atoms with Crippen molar-refractivity contribution in [3.63, 3.8) is 0 Å². The number of alkyl carbamates (subject to hydrolysis) is 1. The molecule has 2 amide bonds. The first kappa shape index (κ1) is 19.2. The minimum atomic E-state index is -0.495. The molecule has 1 aromatic carbocycles. The van der Waals surface area contributed by atoms with E-state index in [1.165, 1.54) is 0 Å². The Hall–Kier alpha value is -2.08. The van der Waals surface area contributed by atoms with E-state index in [0.29, 0.717) is 13.1 Å². The van der Waals surface area contributed by atoms with E-state index in [2.05, 4.69) is 5.32 Å². The number of amides is 2. The van der Waals surface area contributed by atoms with Gasteiger partial charge in [-0.1, -0.05) is 44.2 Å². The molecule has 3 N–H and O–H groups in total. The highest BCUT2D eigenvalue weighted by Gasteiger charge is 2.31. The summed E-state index contributed by atoms with van der Waals surface area (Å²) in [7, 11) is 0. The van der Waals surface area contributed by atoms with Crippen molar-refractivity contribution in [1.82, 2.24) is 10.2 Å². The van der Waals surface area contributed by atoms with Gasteiger partial charge in [-0.2, -0.15) is 0 Å². The average Bonchev–Trinajstić information content (AvgIpc) is 2.64. The Labute approximate surface area is 149 Å². The van der Waals surface area contributed by atoms with Crippen molar-refractivity contribution in [3.05, 3.63) is 35.9 Å². The van der Waals surface area contributed by atoms with Crippen molar-refractivity contribution < 1.29 is 14.3 Å². The fraction of sp³-hybridized carbons (Fsp3) is 0.579. The van der Waals surface area contributed by atoms with Crippen LogP contribution in [-0.4, -0.2) is 42.1 Å². The molecule has 25 heavy (non-hydrogen) atoms. The second kappa shape index (κ2) is 9.42. The molecular weight excluding hydrogens is 318 g/mol. The Morgan fingerprint density at radius 2 is 2.00 bits per heavy atom. The van der Waals surface area contributed by atoms with Crippen LogP contribution in [0.4, 0.5) is 4.79 Å². The van der Waals surface area contributed by atoms with Crippen molar-refractivity contribution >= 4 is 12.0 Å². The number of hydrogen-bond acceptors (Lipinski definition) is 4. The number of benzene rings is 1. The van der Waals surface area contributed by atoms with Crippen LogP contribution in [0, 0.1) is 5.92 Å². The maximum Gasteiger partial charge on any atom is 0.407 e. The summed E-state index contributed by atoms with van der Waals surface area (Å²) in [6.07, 6.45) is 2.43. The second-order valence-electron chi connectivity index (χ2n) is 6.89. The Balaban J connectivity index is 1.82. The second-order valence-corrected chi connectivity index (χ2v) is 6.89. The van der Waals surface area contributed by atoms with Gasteiger partial charge in [-0.25, -0.2) is 4.79 Å². The number of hydrogen-bond donors (Lipinski definition) is 2. The molecule has 1 fully saturated rings. The van der Waals surface area contributed by atoms with Crippen molar-refractivity contribution in [1.29, 1.82) is 0 Å². The fourth-order valence-electron chi connectivity index (χ4n) is 2.95. The van der Waals surface area contributed by atoms with Crippen molar-refractivity contribution in [2.45, 2.75) is 51.8 Å². The van der Waals surface area contributed by atoms with Crippen LogP contribution in [0.25, 0.3) is 0 Å². The Kier molecular flexibility index (Phi) is 7.25. The van der Waals surface area contributed by atoms with Gasteiger partial charge >= 0.3 is 6.09 Å². The zero-order valence-electron chi connectivity index (χ0n) is 15.1. The molecule has 2 atom stereocenters. The number of carbonyl (C=O) groups is 2. The summed E-state index contributed by atoms with van der Waals surface area (Å²) in [5, 5.41) is 2.78. The number of likely N-dealkylation sites (tertiary alicyclic amines) is 1. The summed E-state index contributed by atoms with van der Waals surface area (Å²) in [5.74, 6) is 0.0676. The minimum Gasteiger partial charge on any atom is -0.445 e. The number of nitrogens with two attached hydrogens (primary N) is 1. The van der Waals surface area contributed by atoms with Gasteiger partial charge < -0.3 is 20.7 Å². The van der Waals surface area contributed by atoms with Gasteiger partial charge in [0, 0.05) is 19.1 Å². The van der Waals surface area contributed by atoms with Crippen LogP contribution < -0.4 is 11.1 Å². The highest BCUT2D eigenvalue weighted by molar-refractivity contribution is 5.82. The lowest BCUT2D eigenvalue weighted by Crippen LogP contribution is -2.55. The molecule has 0 aliphatic carbocycles. The summed E-state index contributed by atoms with van der Waals surface area (Å²) in [4.78, 5) is 26.3. The summed E-state index contributed by atoms with van der Waals surface area (Å²) >= 11 is 0. The van der Waals surface area contributed by atoms with Crippen LogP contribution >= 0.6 is 0 Å². The van der Waals surface area contributed by atoms with Crippen LogP contribution in [0.5, 0.6) is 0 Å². The van der Waals surface area contributed by atoms with Gasteiger partial charge in [0.05, 0.1) is 6.04 Å². The van der Waals surface area contributed by atoms with Crippen LogP contribution in [0.1, 0.15) is 38.7 Å². The Morgan fingerprint density at radius 3 is 2.68 bits per heavy atom. The average molecular weight is 347 g/mol. The number of nitrogens with one attached hydrogen (secondary N) is 1. The predicted molar refractivity (Wildman–Crippen MR) is 96.8 cm³/mol. The number of piperidine rings is 1. The minimum absolute atomic E-state index is 0.0182. The normalized spacial score (nSPS) is 18.7. The molecule has 1 saturated heterocycles. The van der Waals surface area contributed by atoms with Gasteiger partial charge in [-0.3, -0.25) is 4.79 Å². The third kappa shape index (κ3) is 5.74. The van der Waals surface area contributed by atoms with Gasteiger partial charge in [0.25, 0.3) is 0 Å². The Morgan fingerprint density at radius 1 is 1.28 bits per heavy atom. The number of nitrogens with zero attached hydrogens (tertiary/aromatic N) is 1. The van der Waals surface area contributed by atoms with Crippen LogP contribution in [0.15, 0.2) is 30.3 Å². The van der Waals surface area contributed by atoms with Crippen LogP contribution in [0.2, 0.25) is 0 Å². The fourth-order valence-corrected chi connectivity index (χ4v) is 2.95. The molecular formula is C19H29N3O3. The molecule has 2 rings (SSSR count). The van der Waals surface area contributed by atoms with E-state index in [9.17, 15) is 9.59 Å². The molecule has 0 aromatic heterocycles. The quantitative estimate of drug-likeness (QED) is 0.827. The first-order chi connectivity index (χ1) is 12.0. The van der Waals surface area contributed by atoms with E-state index < -0.39 is 12.1 Å². The van der Waals surface area contributed by atoms with E-state index >= 15 is 0 Å². The lowest BCUT2D eigenvalue weighted by Gasteiger charge is -2.37. The maximum atomic E-state index is 12.6. The van der Waals surface area contributed by atoms with E-state index in [-0.39, 0.29) is 24.5 Å².